The van der Waals surface area contributed by atoms with E-state index in [1.54, 1.807) is 19.4 Å². The first-order valence-corrected chi connectivity index (χ1v) is 6.10. The van der Waals surface area contributed by atoms with Crippen LogP contribution in [0.4, 0.5) is 16.3 Å². The maximum Gasteiger partial charge on any atom is 0.324 e. The van der Waals surface area contributed by atoms with Gasteiger partial charge >= 0.3 is 6.03 Å². The standard InChI is InChI=1S/C14H16N4O2/c1-9-4-5-12(20-3)11(6-9)17-14(19)18-13-8-15-10(2)7-16-13/h4-8H,1-3H3,(H2,16,17,18,19). The third kappa shape index (κ3) is 3.44. The van der Waals surface area contributed by atoms with E-state index in [-0.39, 0.29) is 0 Å². The molecule has 104 valence electrons. The summed E-state index contributed by atoms with van der Waals surface area (Å²) in [5, 5.41) is 5.33. The molecule has 6 heteroatoms. The summed E-state index contributed by atoms with van der Waals surface area (Å²) in [5.41, 5.74) is 2.41. The lowest BCUT2D eigenvalue weighted by Gasteiger charge is -2.11. The second-order valence-electron chi connectivity index (χ2n) is 4.33. The van der Waals surface area contributed by atoms with Crippen LogP contribution in [0.2, 0.25) is 0 Å². The number of anilines is 2. The summed E-state index contributed by atoms with van der Waals surface area (Å²) in [4.78, 5) is 20.0. The number of hydrogen-bond acceptors (Lipinski definition) is 4. The van der Waals surface area contributed by atoms with Gasteiger partial charge in [0, 0.05) is 0 Å². The average molecular weight is 272 g/mol. The number of benzene rings is 1. The fourth-order valence-corrected chi connectivity index (χ4v) is 1.65. The first-order valence-electron chi connectivity index (χ1n) is 6.10. The highest BCUT2D eigenvalue weighted by Gasteiger charge is 2.08. The van der Waals surface area contributed by atoms with E-state index in [9.17, 15) is 4.79 Å². The topological polar surface area (TPSA) is 76.1 Å². The molecule has 0 aliphatic carbocycles. The van der Waals surface area contributed by atoms with Gasteiger partial charge in [-0.3, -0.25) is 10.3 Å². The highest BCUT2D eigenvalue weighted by molar-refractivity contribution is 6.00. The Morgan fingerprint density at radius 3 is 2.60 bits per heavy atom. The van der Waals surface area contributed by atoms with E-state index in [1.165, 1.54) is 6.20 Å². The molecule has 0 fully saturated rings. The van der Waals surface area contributed by atoms with Crippen LogP contribution in [0.5, 0.6) is 5.75 Å². The number of carbonyl (C=O) groups is 1. The van der Waals surface area contributed by atoms with E-state index in [0.717, 1.165) is 11.3 Å². The molecule has 2 N–H and O–H groups in total. The maximum atomic E-state index is 11.9. The van der Waals surface area contributed by atoms with Crippen molar-refractivity contribution < 1.29 is 9.53 Å². The smallest absolute Gasteiger partial charge is 0.324 e. The lowest BCUT2D eigenvalue weighted by atomic mass is 10.2. The van der Waals surface area contributed by atoms with Gasteiger partial charge in [0.1, 0.15) is 5.75 Å². The molecule has 0 atom stereocenters. The molecule has 0 saturated carbocycles. The first-order chi connectivity index (χ1) is 9.58. The largest absolute Gasteiger partial charge is 0.495 e. The zero-order valence-electron chi connectivity index (χ0n) is 11.6. The number of nitrogens with zero attached hydrogens (tertiary/aromatic N) is 2. The van der Waals surface area contributed by atoms with Crippen molar-refractivity contribution in [2.45, 2.75) is 13.8 Å². The van der Waals surface area contributed by atoms with E-state index in [1.807, 2.05) is 26.0 Å². The van der Waals surface area contributed by atoms with Crippen LogP contribution in [0.25, 0.3) is 0 Å². The Hall–Kier alpha value is -2.63. The number of ether oxygens (including phenoxy) is 1. The Bertz CT molecular complexity index is 611. The third-order valence-electron chi connectivity index (χ3n) is 2.63. The molecule has 6 nitrogen and oxygen atoms in total. The molecule has 0 aliphatic heterocycles. The molecule has 0 bridgehead atoms. The van der Waals surface area contributed by atoms with Crippen LogP contribution in [0.15, 0.2) is 30.6 Å². The fourth-order valence-electron chi connectivity index (χ4n) is 1.65. The molecule has 0 aliphatic rings. The van der Waals surface area contributed by atoms with E-state index >= 15 is 0 Å². The van der Waals surface area contributed by atoms with Gasteiger partial charge in [-0.15, -0.1) is 0 Å². The second kappa shape index (κ2) is 6.01. The molecule has 2 aromatic rings. The predicted molar refractivity (Wildman–Crippen MR) is 77.1 cm³/mol. The molecular weight excluding hydrogens is 256 g/mol. The number of hydrogen-bond donors (Lipinski definition) is 2. The van der Waals surface area contributed by atoms with Crippen molar-refractivity contribution >= 4 is 17.5 Å². The number of methoxy groups -OCH3 is 1. The summed E-state index contributed by atoms with van der Waals surface area (Å²) < 4.78 is 5.20. The summed E-state index contributed by atoms with van der Waals surface area (Å²) in [5.74, 6) is 0.987. The van der Waals surface area contributed by atoms with Crippen LogP contribution >= 0.6 is 0 Å². The highest BCUT2D eigenvalue weighted by Crippen LogP contribution is 2.25. The minimum atomic E-state index is -0.396. The van der Waals surface area contributed by atoms with Crippen LogP contribution in [-0.2, 0) is 0 Å². The van der Waals surface area contributed by atoms with Crippen molar-refractivity contribution in [2.75, 3.05) is 17.7 Å². The lowest BCUT2D eigenvalue weighted by molar-refractivity contribution is 0.262. The summed E-state index contributed by atoms with van der Waals surface area (Å²) in [7, 11) is 1.55. The fraction of sp³-hybridized carbons (Fsp3) is 0.214. The normalized spacial score (nSPS) is 9.95. The summed E-state index contributed by atoms with van der Waals surface area (Å²) in [6, 6.07) is 5.15. The van der Waals surface area contributed by atoms with Crippen molar-refractivity contribution in [3.8, 4) is 5.75 Å². The molecule has 0 radical (unpaired) electrons. The lowest BCUT2D eigenvalue weighted by Crippen LogP contribution is -2.20. The monoisotopic (exact) mass is 272 g/mol. The minimum Gasteiger partial charge on any atom is -0.495 e. The van der Waals surface area contributed by atoms with Crippen molar-refractivity contribution in [3.05, 3.63) is 41.9 Å². The molecule has 2 amide bonds. The number of carbonyl (C=O) groups excluding carboxylic acids is 1. The Morgan fingerprint density at radius 1 is 1.15 bits per heavy atom. The van der Waals surface area contributed by atoms with E-state index in [0.29, 0.717) is 17.3 Å². The molecule has 2 rings (SSSR count). The number of nitrogens with one attached hydrogen (secondary N) is 2. The molecular formula is C14H16N4O2. The molecule has 0 spiro atoms. The van der Waals surface area contributed by atoms with Gasteiger partial charge in [-0.1, -0.05) is 6.07 Å². The van der Waals surface area contributed by atoms with Gasteiger partial charge in [0.05, 0.1) is 30.9 Å². The average Bonchev–Trinajstić information content (AvgIpc) is 2.41. The summed E-state index contributed by atoms with van der Waals surface area (Å²) in [6.07, 6.45) is 3.09. The number of amides is 2. The first kappa shape index (κ1) is 13.8. The second-order valence-corrected chi connectivity index (χ2v) is 4.33. The SMILES string of the molecule is COc1ccc(C)cc1NC(=O)Nc1cnc(C)cn1. The number of urea groups is 1. The van der Waals surface area contributed by atoms with Gasteiger partial charge in [-0.2, -0.15) is 0 Å². The van der Waals surface area contributed by atoms with Crippen molar-refractivity contribution in [3.63, 3.8) is 0 Å². The molecule has 1 aromatic carbocycles. The van der Waals surface area contributed by atoms with Gasteiger partial charge in [-0.25, -0.2) is 9.78 Å². The predicted octanol–water partition coefficient (Wildman–Crippen LogP) is 2.75. The molecule has 1 aromatic heterocycles. The van der Waals surface area contributed by atoms with E-state index in [2.05, 4.69) is 20.6 Å². The van der Waals surface area contributed by atoms with Gasteiger partial charge in [0.2, 0.25) is 0 Å². The van der Waals surface area contributed by atoms with Crippen LogP contribution in [0, 0.1) is 13.8 Å². The number of rotatable bonds is 3. The van der Waals surface area contributed by atoms with Crippen molar-refractivity contribution in [2.24, 2.45) is 0 Å². The summed E-state index contributed by atoms with van der Waals surface area (Å²) >= 11 is 0. The van der Waals surface area contributed by atoms with Gasteiger partial charge in [0.25, 0.3) is 0 Å². The van der Waals surface area contributed by atoms with Gasteiger partial charge in [-0.05, 0) is 31.5 Å². The third-order valence-corrected chi connectivity index (χ3v) is 2.63. The Morgan fingerprint density at radius 2 is 1.95 bits per heavy atom. The molecule has 1 heterocycles. The summed E-state index contributed by atoms with van der Waals surface area (Å²) in [6.45, 7) is 3.77. The van der Waals surface area contributed by atoms with Crippen molar-refractivity contribution in [1.29, 1.82) is 0 Å². The maximum absolute atomic E-state index is 11.9. The molecule has 0 unspecified atom stereocenters. The Balaban J connectivity index is 2.08. The Labute approximate surface area is 117 Å². The van der Waals surface area contributed by atoms with Crippen molar-refractivity contribution in [1.82, 2.24) is 9.97 Å². The minimum absolute atomic E-state index is 0.389. The van der Waals surface area contributed by atoms with E-state index < -0.39 is 6.03 Å². The van der Waals surface area contributed by atoms with E-state index in [4.69, 9.17) is 4.74 Å². The molecule has 0 saturated heterocycles. The highest BCUT2D eigenvalue weighted by atomic mass is 16.5. The molecule has 20 heavy (non-hydrogen) atoms. The van der Waals surface area contributed by atoms with Crippen LogP contribution in [-0.4, -0.2) is 23.1 Å². The van der Waals surface area contributed by atoms with Crippen LogP contribution in [0.1, 0.15) is 11.3 Å². The van der Waals surface area contributed by atoms with Gasteiger partial charge in [0.15, 0.2) is 5.82 Å². The van der Waals surface area contributed by atoms with Crippen LogP contribution < -0.4 is 15.4 Å². The zero-order valence-corrected chi connectivity index (χ0v) is 11.6. The quantitative estimate of drug-likeness (QED) is 0.900. The van der Waals surface area contributed by atoms with Crippen LogP contribution in [0.3, 0.4) is 0 Å². The Kier molecular flexibility index (Phi) is 4.14. The number of aromatic nitrogens is 2. The van der Waals surface area contributed by atoms with Gasteiger partial charge < -0.3 is 10.1 Å². The number of aryl methyl sites for hydroxylation is 2. The zero-order chi connectivity index (χ0) is 14.5.